The number of hydrogen-bond donors (Lipinski definition) is 2. The van der Waals surface area contributed by atoms with Gasteiger partial charge in [-0.3, -0.25) is 4.79 Å². The molecule has 0 radical (unpaired) electrons. The van der Waals surface area contributed by atoms with Crippen LogP contribution in [0.3, 0.4) is 0 Å². The first kappa shape index (κ1) is 21.3. The van der Waals surface area contributed by atoms with E-state index in [4.69, 9.17) is 4.74 Å². The first-order chi connectivity index (χ1) is 15.6. The van der Waals surface area contributed by atoms with Gasteiger partial charge in [0.2, 0.25) is 0 Å². The Bertz CT molecular complexity index is 1200. The van der Waals surface area contributed by atoms with Crippen molar-refractivity contribution in [2.45, 2.75) is 12.5 Å². The number of hydrogen-bond acceptors (Lipinski definition) is 4. The Labute approximate surface area is 187 Å². The van der Waals surface area contributed by atoms with Crippen molar-refractivity contribution in [3.8, 4) is 5.75 Å². The van der Waals surface area contributed by atoms with Crippen molar-refractivity contribution in [1.82, 2.24) is 5.43 Å². The van der Waals surface area contributed by atoms with Gasteiger partial charge in [-0.05, 0) is 34.9 Å². The summed E-state index contributed by atoms with van der Waals surface area (Å²) in [4.78, 5) is 13.2. The van der Waals surface area contributed by atoms with Gasteiger partial charge in [0.05, 0.1) is 12.8 Å². The number of aliphatic hydroxyl groups is 1. The molecule has 0 aliphatic rings. The Morgan fingerprint density at radius 2 is 1.50 bits per heavy atom. The molecule has 0 saturated carbocycles. The molecule has 0 heterocycles. The molecule has 4 rings (SSSR count). The minimum atomic E-state index is -1.89. The van der Waals surface area contributed by atoms with Gasteiger partial charge >= 0.3 is 0 Å². The fourth-order valence-electron chi connectivity index (χ4n) is 3.71. The molecule has 0 unspecified atom stereocenters. The van der Waals surface area contributed by atoms with Crippen LogP contribution in [-0.2, 0) is 10.4 Å². The number of ether oxygens (including phenoxy) is 1. The Kier molecular flexibility index (Phi) is 6.29. The molecule has 32 heavy (non-hydrogen) atoms. The first-order valence-corrected chi connectivity index (χ1v) is 10.5. The molecule has 0 aliphatic heterocycles. The number of hydrazone groups is 1. The summed E-state index contributed by atoms with van der Waals surface area (Å²) in [6, 6.07) is 29.4. The van der Waals surface area contributed by atoms with E-state index in [1.54, 1.807) is 54.7 Å². The molecule has 4 aromatic rings. The minimum absolute atomic E-state index is 0.457. The summed E-state index contributed by atoms with van der Waals surface area (Å²) in [5, 5.41) is 17.7. The van der Waals surface area contributed by atoms with E-state index in [0.717, 1.165) is 16.3 Å². The van der Waals surface area contributed by atoms with Gasteiger partial charge in [-0.15, -0.1) is 0 Å². The molecular formula is C27H24N2O3. The number of carbonyl (C=O) groups is 1. The lowest BCUT2D eigenvalue weighted by atomic mass is 9.85. The third kappa shape index (κ3) is 4.11. The molecule has 0 aliphatic carbocycles. The van der Waals surface area contributed by atoms with E-state index in [-0.39, 0.29) is 0 Å². The van der Waals surface area contributed by atoms with Crippen LogP contribution in [0.2, 0.25) is 0 Å². The maximum Gasteiger partial charge on any atom is 0.281 e. The quantitative estimate of drug-likeness (QED) is 0.336. The number of fused-ring (bicyclic) bond motifs is 1. The molecule has 0 aromatic heterocycles. The van der Waals surface area contributed by atoms with Crippen LogP contribution >= 0.6 is 0 Å². The van der Waals surface area contributed by atoms with Crippen molar-refractivity contribution >= 4 is 22.9 Å². The molecule has 1 amide bonds. The lowest BCUT2D eigenvalue weighted by molar-refractivity contribution is -0.136. The molecular weight excluding hydrogens is 400 g/mol. The van der Waals surface area contributed by atoms with Crippen molar-refractivity contribution in [3.05, 3.63) is 114 Å². The van der Waals surface area contributed by atoms with Crippen LogP contribution in [0.15, 0.2) is 102 Å². The van der Waals surface area contributed by atoms with Gasteiger partial charge in [-0.2, -0.15) is 5.10 Å². The van der Waals surface area contributed by atoms with Gasteiger partial charge in [-0.25, -0.2) is 5.43 Å². The summed E-state index contributed by atoms with van der Waals surface area (Å²) >= 11 is 0. The first-order valence-electron chi connectivity index (χ1n) is 10.5. The predicted octanol–water partition coefficient (Wildman–Crippen LogP) is 4.62. The largest absolute Gasteiger partial charge is 0.493 e. The fourth-order valence-corrected chi connectivity index (χ4v) is 3.71. The van der Waals surface area contributed by atoms with Crippen molar-refractivity contribution in [3.63, 3.8) is 0 Å². The SMILES string of the molecule is CCOc1ccc2ccccc2c1/C=N\NC(=O)C(O)(c1ccccc1)c1ccccc1. The van der Waals surface area contributed by atoms with Crippen molar-refractivity contribution in [2.75, 3.05) is 6.61 Å². The van der Waals surface area contributed by atoms with Crippen LogP contribution in [0.25, 0.3) is 10.8 Å². The van der Waals surface area contributed by atoms with Crippen molar-refractivity contribution in [1.29, 1.82) is 0 Å². The highest BCUT2D eigenvalue weighted by Gasteiger charge is 2.39. The topological polar surface area (TPSA) is 70.9 Å². The van der Waals surface area contributed by atoms with Crippen LogP contribution in [0.1, 0.15) is 23.6 Å². The van der Waals surface area contributed by atoms with Crippen LogP contribution in [0.4, 0.5) is 0 Å². The number of benzene rings is 4. The predicted molar refractivity (Wildman–Crippen MR) is 127 cm³/mol. The zero-order valence-corrected chi connectivity index (χ0v) is 17.7. The molecule has 0 fully saturated rings. The molecule has 160 valence electrons. The minimum Gasteiger partial charge on any atom is -0.493 e. The van der Waals surface area contributed by atoms with Gasteiger partial charge in [0, 0.05) is 5.56 Å². The van der Waals surface area contributed by atoms with E-state index in [2.05, 4.69) is 10.5 Å². The van der Waals surface area contributed by atoms with Crippen molar-refractivity contribution in [2.24, 2.45) is 5.10 Å². The van der Waals surface area contributed by atoms with E-state index < -0.39 is 11.5 Å². The zero-order chi connectivity index (χ0) is 22.4. The van der Waals surface area contributed by atoms with E-state index in [0.29, 0.717) is 23.5 Å². The van der Waals surface area contributed by atoms with E-state index in [9.17, 15) is 9.90 Å². The molecule has 4 aromatic carbocycles. The van der Waals surface area contributed by atoms with Crippen molar-refractivity contribution < 1.29 is 14.6 Å². The highest BCUT2D eigenvalue weighted by atomic mass is 16.5. The molecule has 5 nitrogen and oxygen atoms in total. The normalized spacial score (nSPS) is 11.6. The van der Waals surface area contributed by atoms with Gasteiger partial charge in [-0.1, -0.05) is 91.0 Å². The third-order valence-electron chi connectivity index (χ3n) is 5.30. The van der Waals surface area contributed by atoms with Gasteiger partial charge in [0.15, 0.2) is 5.60 Å². The number of nitrogens with zero attached hydrogens (tertiary/aromatic N) is 1. The molecule has 0 spiro atoms. The summed E-state index contributed by atoms with van der Waals surface area (Å²) in [5.41, 5.74) is 2.31. The second-order valence-electron chi connectivity index (χ2n) is 7.27. The molecule has 0 saturated heterocycles. The van der Waals surface area contributed by atoms with Crippen LogP contribution in [0.5, 0.6) is 5.75 Å². The van der Waals surface area contributed by atoms with Gasteiger partial charge < -0.3 is 9.84 Å². The lowest BCUT2D eigenvalue weighted by Gasteiger charge is -2.27. The summed E-state index contributed by atoms with van der Waals surface area (Å²) < 4.78 is 5.76. The molecule has 0 atom stereocenters. The monoisotopic (exact) mass is 424 g/mol. The number of nitrogens with one attached hydrogen (secondary N) is 1. The molecule has 0 bridgehead atoms. The number of amides is 1. The molecule has 5 heteroatoms. The van der Waals surface area contributed by atoms with Crippen LogP contribution < -0.4 is 10.2 Å². The van der Waals surface area contributed by atoms with Crippen LogP contribution in [-0.4, -0.2) is 23.8 Å². The highest BCUT2D eigenvalue weighted by Crippen LogP contribution is 2.30. The molecule has 2 N–H and O–H groups in total. The van der Waals surface area contributed by atoms with Crippen LogP contribution in [0, 0.1) is 0 Å². The Hall–Kier alpha value is -3.96. The standard InChI is InChI=1S/C27H24N2O3/c1-2-32-25-18-17-20-11-9-10-16-23(20)24(25)19-28-29-26(30)27(31,21-12-5-3-6-13-21)22-14-7-4-8-15-22/h3-19,31H,2H2,1H3,(H,29,30)/b28-19-. The summed E-state index contributed by atoms with van der Waals surface area (Å²) in [6.07, 6.45) is 1.56. The third-order valence-corrected chi connectivity index (χ3v) is 5.30. The summed E-state index contributed by atoms with van der Waals surface area (Å²) in [7, 11) is 0. The summed E-state index contributed by atoms with van der Waals surface area (Å²) in [5.74, 6) is 0.0231. The average molecular weight is 425 g/mol. The maximum atomic E-state index is 13.2. The number of carbonyl (C=O) groups excluding carboxylic acids is 1. The highest BCUT2D eigenvalue weighted by molar-refractivity contribution is 6.03. The Morgan fingerprint density at radius 3 is 2.12 bits per heavy atom. The lowest BCUT2D eigenvalue weighted by Crippen LogP contribution is -2.43. The van der Waals surface area contributed by atoms with Gasteiger partial charge in [0.25, 0.3) is 5.91 Å². The Balaban J connectivity index is 1.68. The smallest absolute Gasteiger partial charge is 0.281 e. The summed E-state index contributed by atoms with van der Waals surface area (Å²) in [6.45, 7) is 2.42. The van der Waals surface area contributed by atoms with E-state index >= 15 is 0 Å². The van der Waals surface area contributed by atoms with Gasteiger partial charge in [0.1, 0.15) is 5.75 Å². The average Bonchev–Trinajstić information content (AvgIpc) is 2.85. The maximum absolute atomic E-state index is 13.2. The zero-order valence-electron chi connectivity index (χ0n) is 17.7. The van der Waals surface area contributed by atoms with E-state index in [1.807, 2.05) is 55.5 Å². The fraction of sp³-hybridized carbons (Fsp3) is 0.111. The second-order valence-corrected chi connectivity index (χ2v) is 7.27. The Morgan fingerprint density at radius 1 is 0.906 bits per heavy atom. The van der Waals surface area contributed by atoms with E-state index in [1.165, 1.54) is 0 Å². The second kappa shape index (κ2) is 9.45. The number of rotatable bonds is 7.